The van der Waals surface area contributed by atoms with Gasteiger partial charge in [0.05, 0.1) is 21.1 Å². The Hall–Kier alpha value is 0.430. The van der Waals surface area contributed by atoms with Crippen molar-refractivity contribution >= 4 is 7.26 Å². The molecule has 0 rings (SSSR count). The fourth-order valence-electron chi connectivity index (χ4n) is 5.34. The second-order valence-electron chi connectivity index (χ2n) is 8.33. The SMILES string of the molecule is CC(C)[P+](C(C)(C)C)(C(C)(C)C)C(C)(C)C. The Morgan fingerprint density at radius 1 is 0.562 bits per heavy atom. The van der Waals surface area contributed by atoms with Crippen molar-refractivity contribution in [2.45, 2.75) is 97.3 Å². The van der Waals surface area contributed by atoms with E-state index in [0.717, 1.165) is 5.66 Å². The lowest BCUT2D eigenvalue weighted by Gasteiger charge is -2.56. The topological polar surface area (TPSA) is 0 Å². The molecule has 0 nitrogen and oxygen atoms in total. The highest BCUT2D eigenvalue weighted by Crippen LogP contribution is 2.85. The van der Waals surface area contributed by atoms with Crippen molar-refractivity contribution in [1.82, 2.24) is 0 Å². The van der Waals surface area contributed by atoms with Crippen LogP contribution in [0.25, 0.3) is 0 Å². The summed E-state index contributed by atoms with van der Waals surface area (Å²) in [5.41, 5.74) is 0.785. The Bertz CT molecular complexity index is 194. The minimum absolute atomic E-state index is 0.414. The van der Waals surface area contributed by atoms with Crippen LogP contribution in [0.15, 0.2) is 0 Å². The van der Waals surface area contributed by atoms with Crippen LogP contribution in [0.1, 0.15) is 76.2 Å². The third-order valence-electron chi connectivity index (χ3n) is 3.95. The second kappa shape index (κ2) is 4.27. The molecule has 0 unspecified atom stereocenters. The first kappa shape index (κ1) is 16.4. The van der Waals surface area contributed by atoms with Crippen molar-refractivity contribution in [3.63, 3.8) is 0 Å². The summed E-state index contributed by atoms with van der Waals surface area (Å²) in [7, 11) is -1.12. The molecule has 0 amide bonds. The van der Waals surface area contributed by atoms with Gasteiger partial charge in [0.15, 0.2) is 0 Å². The largest absolute Gasteiger partial charge is 0.0728 e. The molecule has 0 spiro atoms. The zero-order valence-corrected chi connectivity index (χ0v) is 14.4. The molecule has 0 N–H and O–H groups in total. The summed E-state index contributed by atoms with van der Waals surface area (Å²) in [5, 5.41) is 1.24. The molecule has 0 aromatic heterocycles. The Balaban J connectivity index is 6.05. The summed E-state index contributed by atoms with van der Waals surface area (Å²) in [4.78, 5) is 0. The lowest BCUT2D eigenvalue weighted by atomic mass is 10.2. The highest BCUT2D eigenvalue weighted by atomic mass is 31.2. The van der Waals surface area contributed by atoms with E-state index in [-0.39, 0.29) is 0 Å². The van der Waals surface area contributed by atoms with E-state index in [1.54, 1.807) is 0 Å². The van der Waals surface area contributed by atoms with Gasteiger partial charge in [0.25, 0.3) is 0 Å². The average molecular weight is 245 g/mol. The van der Waals surface area contributed by atoms with Crippen molar-refractivity contribution in [2.24, 2.45) is 0 Å². The number of hydrogen-bond acceptors (Lipinski definition) is 0. The molecular formula is C15H34P+. The molecule has 0 aliphatic heterocycles. The van der Waals surface area contributed by atoms with Crippen LogP contribution >= 0.6 is 7.26 Å². The quantitative estimate of drug-likeness (QED) is 0.511. The number of hydrogen-bond donors (Lipinski definition) is 0. The Morgan fingerprint density at radius 2 is 0.750 bits per heavy atom. The van der Waals surface area contributed by atoms with Crippen molar-refractivity contribution in [3.05, 3.63) is 0 Å². The van der Waals surface area contributed by atoms with E-state index < -0.39 is 7.26 Å². The van der Waals surface area contributed by atoms with Gasteiger partial charge in [0.1, 0.15) is 0 Å². The van der Waals surface area contributed by atoms with Gasteiger partial charge in [-0.2, -0.15) is 0 Å². The summed E-state index contributed by atoms with van der Waals surface area (Å²) in [6.07, 6.45) is 0. The fourth-order valence-corrected chi connectivity index (χ4v) is 16.0. The van der Waals surface area contributed by atoms with Gasteiger partial charge in [-0.05, 0) is 76.2 Å². The van der Waals surface area contributed by atoms with Crippen LogP contribution in [0.3, 0.4) is 0 Å². The minimum atomic E-state index is -1.12. The molecule has 0 saturated heterocycles. The fraction of sp³-hybridized carbons (Fsp3) is 1.00. The molecular weight excluding hydrogens is 211 g/mol. The first-order chi connectivity index (χ1) is 6.69. The van der Waals surface area contributed by atoms with E-state index in [2.05, 4.69) is 76.2 Å². The summed E-state index contributed by atoms with van der Waals surface area (Å²) >= 11 is 0. The molecule has 0 aliphatic rings. The summed E-state index contributed by atoms with van der Waals surface area (Å²) in [6.45, 7) is 27.0. The molecule has 0 heterocycles. The molecule has 0 fully saturated rings. The smallest absolute Gasteiger partial charge is 0.0285 e. The van der Waals surface area contributed by atoms with Gasteiger partial charge in [-0.3, -0.25) is 0 Å². The molecule has 0 aliphatic carbocycles. The third-order valence-corrected chi connectivity index (χ3v) is 11.8. The zero-order valence-electron chi connectivity index (χ0n) is 13.5. The normalized spacial score (nSPS) is 15.8. The van der Waals surface area contributed by atoms with Crippen LogP contribution < -0.4 is 0 Å². The van der Waals surface area contributed by atoms with E-state index >= 15 is 0 Å². The zero-order chi connectivity index (χ0) is 13.6. The maximum Gasteiger partial charge on any atom is 0.0728 e. The van der Waals surface area contributed by atoms with Crippen molar-refractivity contribution in [1.29, 1.82) is 0 Å². The monoisotopic (exact) mass is 245 g/mol. The predicted octanol–water partition coefficient (Wildman–Crippen LogP) is 5.81. The van der Waals surface area contributed by atoms with Crippen molar-refractivity contribution < 1.29 is 0 Å². The van der Waals surface area contributed by atoms with Gasteiger partial charge in [0.2, 0.25) is 0 Å². The van der Waals surface area contributed by atoms with Gasteiger partial charge in [-0.25, -0.2) is 0 Å². The highest BCUT2D eigenvalue weighted by Gasteiger charge is 2.65. The summed E-state index contributed by atoms with van der Waals surface area (Å²) in [5.74, 6) is 0. The Kier molecular flexibility index (Phi) is 4.38. The molecule has 0 aromatic rings. The van der Waals surface area contributed by atoms with Crippen LogP contribution in [0, 0.1) is 0 Å². The lowest BCUT2D eigenvalue weighted by Crippen LogP contribution is -2.47. The Labute approximate surface area is 105 Å². The van der Waals surface area contributed by atoms with Gasteiger partial charge >= 0.3 is 0 Å². The van der Waals surface area contributed by atoms with Crippen LogP contribution in [-0.2, 0) is 0 Å². The van der Waals surface area contributed by atoms with Gasteiger partial charge < -0.3 is 0 Å². The van der Waals surface area contributed by atoms with E-state index in [1.165, 1.54) is 0 Å². The summed E-state index contributed by atoms with van der Waals surface area (Å²) in [6, 6.07) is 0. The molecule has 0 saturated carbocycles. The second-order valence-corrected chi connectivity index (χ2v) is 14.8. The molecule has 0 bridgehead atoms. The van der Waals surface area contributed by atoms with E-state index in [1.807, 2.05) is 0 Å². The van der Waals surface area contributed by atoms with Gasteiger partial charge in [-0.1, -0.05) is 0 Å². The van der Waals surface area contributed by atoms with Crippen LogP contribution in [0.2, 0.25) is 0 Å². The predicted molar refractivity (Wildman–Crippen MR) is 81.3 cm³/mol. The van der Waals surface area contributed by atoms with Crippen molar-refractivity contribution in [3.8, 4) is 0 Å². The molecule has 98 valence electrons. The average Bonchev–Trinajstić information content (AvgIpc) is 1.71. The first-order valence-electron chi connectivity index (χ1n) is 6.58. The van der Waals surface area contributed by atoms with E-state index in [9.17, 15) is 0 Å². The van der Waals surface area contributed by atoms with E-state index in [0.29, 0.717) is 15.5 Å². The molecule has 0 aromatic carbocycles. The number of rotatable bonds is 1. The maximum absolute atomic E-state index is 2.46. The van der Waals surface area contributed by atoms with E-state index in [4.69, 9.17) is 0 Å². The standard InChI is InChI=1S/C15H34P/c1-12(2)16(13(3,4)5,14(6,7)8)15(9,10)11/h12H,1-11H3/q+1. The first-order valence-corrected chi connectivity index (χ1v) is 8.44. The molecule has 16 heavy (non-hydrogen) atoms. The molecule has 0 radical (unpaired) electrons. The van der Waals surface area contributed by atoms with Crippen LogP contribution in [0.5, 0.6) is 0 Å². The van der Waals surface area contributed by atoms with Crippen molar-refractivity contribution in [2.75, 3.05) is 0 Å². The van der Waals surface area contributed by atoms with Crippen LogP contribution in [0.4, 0.5) is 0 Å². The molecule has 0 atom stereocenters. The third kappa shape index (κ3) is 2.33. The highest BCUT2D eigenvalue weighted by molar-refractivity contribution is 7.80. The lowest BCUT2D eigenvalue weighted by molar-refractivity contribution is 0.601. The molecule has 1 heteroatoms. The minimum Gasteiger partial charge on any atom is -0.0285 e. The van der Waals surface area contributed by atoms with Gasteiger partial charge in [-0.15, -0.1) is 0 Å². The van der Waals surface area contributed by atoms with Crippen LogP contribution in [-0.4, -0.2) is 21.1 Å². The van der Waals surface area contributed by atoms with Gasteiger partial charge in [0, 0.05) is 7.26 Å². The summed E-state index contributed by atoms with van der Waals surface area (Å²) < 4.78 is 0. The maximum atomic E-state index is 2.46. The Morgan fingerprint density at radius 3 is 0.750 bits per heavy atom.